The quantitative estimate of drug-likeness (QED) is 0.241. The zero-order valence-electron chi connectivity index (χ0n) is 20.4. The van der Waals surface area contributed by atoms with Gasteiger partial charge in [0.2, 0.25) is 5.91 Å². The van der Waals surface area contributed by atoms with Crippen molar-refractivity contribution in [3.8, 4) is 11.3 Å². The number of hydrogen-bond donors (Lipinski definition) is 0. The third-order valence-electron chi connectivity index (χ3n) is 6.52. The minimum Gasteiger partial charge on any atom is -0.291 e. The number of aryl methyl sites for hydroxylation is 2. The Morgan fingerprint density at radius 2 is 1.94 bits per heavy atom. The van der Waals surface area contributed by atoms with E-state index in [0.29, 0.717) is 10.3 Å². The molecule has 6 rings (SSSR count). The molecular weight excluding hydrogens is 509 g/mol. The summed E-state index contributed by atoms with van der Waals surface area (Å²) >= 11 is 4.69. The summed E-state index contributed by atoms with van der Waals surface area (Å²) in [6.07, 6.45) is 4.64. The maximum Gasteiger partial charge on any atom is 0.238 e. The number of aromatic nitrogens is 5. The van der Waals surface area contributed by atoms with E-state index >= 15 is 0 Å². The molecule has 1 aliphatic rings. The molecule has 0 unspecified atom stereocenters. The predicted octanol–water partition coefficient (Wildman–Crippen LogP) is 6.22. The van der Waals surface area contributed by atoms with E-state index in [9.17, 15) is 4.79 Å². The van der Waals surface area contributed by atoms with E-state index in [1.54, 1.807) is 11.9 Å². The Bertz CT molecular complexity index is 1570. The van der Waals surface area contributed by atoms with Crippen LogP contribution in [0.5, 0.6) is 0 Å². The van der Waals surface area contributed by atoms with Gasteiger partial charge in [0.15, 0.2) is 15.9 Å². The number of amides is 1. The number of anilines is 1. The standard InChI is InChI=1S/C26H26N6OS3/c1-15(2)22-28-24-21(17-11-7-8-12-19(17)36-24)23-29-30-26(32(22)23)35-14-20(33)31(3)25-27-18(13-34-25)16-9-5-4-6-10-16/h4-6,9-10,13,15H,7-8,11-12,14H2,1-3H3. The minimum absolute atomic E-state index is 0.0289. The van der Waals surface area contributed by atoms with E-state index in [4.69, 9.17) is 4.98 Å². The van der Waals surface area contributed by atoms with E-state index < -0.39 is 0 Å². The molecule has 0 saturated heterocycles. The monoisotopic (exact) mass is 534 g/mol. The van der Waals surface area contributed by atoms with Crippen molar-refractivity contribution < 1.29 is 4.79 Å². The summed E-state index contributed by atoms with van der Waals surface area (Å²) < 4.78 is 2.07. The van der Waals surface area contributed by atoms with Gasteiger partial charge in [-0.25, -0.2) is 9.97 Å². The number of benzene rings is 1. The first-order valence-electron chi connectivity index (χ1n) is 12.1. The third-order valence-corrected chi connectivity index (χ3v) is 9.54. The van der Waals surface area contributed by atoms with Crippen molar-refractivity contribution in [2.24, 2.45) is 0 Å². The summed E-state index contributed by atoms with van der Waals surface area (Å²) in [7, 11) is 1.78. The number of thiazole rings is 1. The van der Waals surface area contributed by atoms with Crippen molar-refractivity contribution in [1.82, 2.24) is 24.6 Å². The molecule has 1 aromatic carbocycles. The van der Waals surface area contributed by atoms with E-state index in [-0.39, 0.29) is 17.6 Å². The zero-order valence-corrected chi connectivity index (χ0v) is 22.8. The number of thioether (sulfide) groups is 1. The summed E-state index contributed by atoms with van der Waals surface area (Å²) in [5, 5.41) is 13.7. The van der Waals surface area contributed by atoms with Gasteiger partial charge in [0.05, 0.1) is 16.8 Å². The second-order valence-corrected chi connectivity index (χ2v) is 12.1. The number of nitrogens with zero attached hydrogens (tertiary/aromatic N) is 6. The fraction of sp³-hybridized carbons (Fsp3) is 0.346. The number of hydrogen-bond acceptors (Lipinski definition) is 8. The molecule has 1 amide bonds. The van der Waals surface area contributed by atoms with Crippen molar-refractivity contribution in [3.05, 3.63) is 52.0 Å². The van der Waals surface area contributed by atoms with E-state index in [1.807, 2.05) is 47.0 Å². The molecule has 0 saturated carbocycles. The van der Waals surface area contributed by atoms with Gasteiger partial charge in [-0.2, -0.15) is 0 Å². The molecule has 0 N–H and O–H groups in total. The Balaban J connectivity index is 1.27. The van der Waals surface area contributed by atoms with Gasteiger partial charge in [-0.3, -0.25) is 14.1 Å². The highest BCUT2D eigenvalue weighted by Crippen LogP contribution is 2.39. The van der Waals surface area contributed by atoms with Crippen LogP contribution in [-0.2, 0) is 17.6 Å². The van der Waals surface area contributed by atoms with Crippen LogP contribution in [0.2, 0.25) is 0 Å². The SMILES string of the molecule is CC(C)c1nc2sc3c(c2c2nnc(SCC(=O)N(C)c4nc(-c5ccccc5)cs4)n12)CCCC3. The third kappa shape index (κ3) is 4.10. The smallest absolute Gasteiger partial charge is 0.238 e. The van der Waals surface area contributed by atoms with Crippen LogP contribution in [0.15, 0.2) is 40.9 Å². The number of rotatable bonds is 6. The number of carbonyl (C=O) groups is 1. The second-order valence-electron chi connectivity index (χ2n) is 9.28. The molecule has 36 heavy (non-hydrogen) atoms. The molecule has 0 fully saturated rings. The molecule has 0 aliphatic heterocycles. The summed E-state index contributed by atoms with van der Waals surface area (Å²) in [6, 6.07) is 10.0. The van der Waals surface area contributed by atoms with Crippen LogP contribution in [0.3, 0.4) is 0 Å². The van der Waals surface area contributed by atoms with Gasteiger partial charge in [-0.05, 0) is 31.2 Å². The predicted molar refractivity (Wildman–Crippen MR) is 149 cm³/mol. The number of carbonyl (C=O) groups excluding carboxylic acids is 1. The highest BCUT2D eigenvalue weighted by Gasteiger charge is 2.25. The molecule has 4 aromatic heterocycles. The van der Waals surface area contributed by atoms with Crippen LogP contribution in [0, 0.1) is 0 Å². The van der Waals surface area contributed by atoms with Crippen molar-refractivity contribution in [3.63, 3.8) is 0 Å². The van der Waals surface area contributed by atoms with Gasteiger partial charge in [0.1, 0.15) is 10.7 Å². The molecular formula is C26H26N6OS3. The van der Waals surface area contributed by atoms with Crippen LogP contribution in [0.25, 0.3) is 27.1 Å². The molecule has 4 heterocycles. The van der Waals surface area contributed by atoms with Crippen molar-refractivity contribution in [2.45, 2.75) is 50.6 Å². The van der Waals surface area contributed by atoms with Gasteiger partial charge >= 0.3 is 0 Å². The average Bonchev–Trinajstić information content (AvgIpc) is 3.63. The first-order chi connectivity index (χ1) is 17.5. The van der Waals surface area contributed by atoms with Crippen LogP contribution < -0.4 is 4.90 Å². The second kappa shape index (κ2) is 9.57. The summed E-state index contributed by atoms with van der Waals surface area (Å²) in [6.45, 7) is 4.28. The maximum absolute atomic E-state index is 13.1. The molecule has 10 heteroatoms. The van der Waals surface area contributed by atoms with Crippen molar-refractivity contribution in [1.29, 1.82) is 0 Å². The molecule has 0 spiro atoms. The van der Waals surface area contributed by atoms with E-state index in [0.717, 1.165) is 45.8 Å². The lowest BCUT2D eigenvalue weighted by atomic mass is 9.97. The lowest BCUT2D eigenvalue weighted by Gasteiger charge is -2.14. The van der Waals surface area contributed by atoms with Crippen LogP contribution in [0.1, 0.15) is 48.9 Å². The molecule has 0 bridgehead atoms. The summed E-state index contributed by atoms with van der Waals surface area (Å²) in [5.41, 5.74) is 4.19. The summed E-state index contributed by atoms with van der Waals surface area (Å²) in [4.78, 5) is 27.0. The Morgan fingerprint density at radius 1 is 1.14 bits per heavy atom. The van der Waals surface area contributed by atoms with Gasteiger partial charge in [-0.1, -0.05) is 55.9 Å². The largest absolute Gasteiger partial charge is 0.291 e. The first-order valence-corrected chi connectivity index (χ1v) is 14.8. The molecule has 0 atom stereocenters. The fourth-order valence-electron chi connectivity index (χ4n) is 4.62. The van der Waals surface area contributed by atoms with Gasteiger partial charge in [0, 0.05) is 28.8 Å². The summed E-state index contributed by atoms with van der Waals surface area (Å²) in [5.74, 6) is 1.36. The number of fused-ring (bicyclic) bond motifs is 5. The molecule has 5 aromatic rings. The Morgan fingerprint density at radius 3 is 2.75 bits per heavy atom. The Hall–Kier alpha value is -2.82. The topological polar surface area (TPSA) is 76.3 Å². The van der Waals surface area contributed by atoms with E-state index in [2.05, 4.69) is 33.4 Å². The first kappa shape index (κ1) is 23.6. The Kier molecular flexibility index (Phi) is 6.27. The molecule has 1 aliphatic carbocycles. The van der Waals surface area contributed by atoms with Crippen molar-refractivity contribution in [2.75, 3.05) is 17.7 Å². The molecule has 184 valence electrons. The van der Waals surface area contributed by atoms with E-state index in [1.165, 1.54) is 46.4 Å². The van der Waals surface area contributed by atoms with Crippen LogP contribution in [-0.4, -0.2) is 43.3 Å². The normalized spacial score (nSPS) is 13.6. The van der Waals surface area contributed by atoms with Crippen LogP contribution in [0.4, 0.5) is 5.13 Å². The van der Waals surface area contributed by atoms with Gasteiger partial charge in [0.25, 0.3) is 0 Å². The average molecular weight is 535 g/mol. The van der Waals surface area contributed by atoms with Gasteiger partial charge < -0.3 is 0 Å². The fourth-order valence-corrected chi connectivity index (χ4v) is 7.56. The molecule has 7 nitrogen and oxygen atoms in total. The minimum atomic E-state index is -0.0289. The lowest BCUT2D eigenvalue weighted by Crippen LogP contribution is -2.27. The maximum atomic E-state index is 13.1. The van der Waals surface area contributed by atoms with Gasteiger partial charge in [-0.15, -0.1) is 32.9 Å². The van der Waals surface area contributed by atoms with Crippen LogP contribution >= 0.6 is 34.4 Å². The molecule has 0 radical (unpaired) electrons. The highest BCUT2D eigenvalue weighted by molar-refractivity contribution is 7.99. The highest BCUT2D eigenvalue weighted by atomic mass is 32.2. The lowest BCUT2D eigenvalue weighted by molar-refractivity contribution is -0.115. The zero-order chi connectivity index (χ0) is 24.8. The van der Waals surface area contributed by atoms with Crippen molar-refractivity contribution >= 4 is 61.3 Å². The number of thiophene rings is 1. The Labute approximate surface area is 221 Å².